The molecule has 108 valence electrons. The lowest BCUT2D eigenvalue weighted by atomic mass is 10.0. The molecule has 2 aromatic heterocycles. The van der Waals surface area contributed by atoms with Crippen molar-refractivity contribution in [1.82, 2.24) is 20.1 Å². The smallest absolute Gasteiger partial charge is 0.0837 e. The van der Waals surface area contributed by atoms with E-state index in [1.165, 1.54) is 0 Å². The van der Waals surface area contributed by atoms with Gasteiger partial charge in [0.2, 0.25) is 0 Å². The van der Waals surface area contributed by atoms with Gasteiger partial charge in [0.15, 0.2) is 0 Å². The second-order valence-electron chi connectivity index (χ2n) is 4.81. The molecule has 0 aliphatic heterocycles. The highest BCUT2D eigenvalue weighted by Gasteiger charge is 2.22. The van der Waals surface area contributed by atoms with E-state index in [1.807, 2.05) is 24.6 Å². The van der Waals surface area contributed by atoms with Crippen LogP contribution in [0.2, 0.25) is 5.02 Å². The Labute approximate surface area is 125 Å². The lowest BCUT2D eigenvalue weighted by Gasteiger charge is -2.21. The van der Waals surface area contributed by atoms with E-state index in [0.717, 1.165) is 35.7 Å². The molecule has 2 heterocycles. The van der Waals surface area contributed by atoms with Crippen LogP contribution in [0, 0.1) is 13.8 Å². The molecule has 0 bridgehead atoms. The third kappa shape index (κ3) is 2.86. The zero-order valence-electron chi connectivity index (χ0n) is 12.4. The first kappa shape index (κ1) is 15.0. The van der Waals surface area contributed by atoms with Crippen molar-refractivity contribution in [1.29, 1.82) is 0 Å². The molecule has 2 aromatic rings. The summed E-state index contributed by atoms with van der Waals surface area (Å²) in [7, 11) is 0. The summed E-state index contributed by atoms with van der Waals surface area (Å²) in [6.45, 7) is 9.83. The Bertz CT molecular complexity index is 592. The molecule has 5 heteroatoms. The number of nitrogens with one attached hydrogen (secondary N) is 1. The average molecular weight is 293 g/mol. The van der Waals surface area contributed by atoms with Gasteiger partial charge >= 0.3 is 0 Å². The Kier molecular flexibility index (Phi) is 4.78. The molecule has 0 aliphatic carbocycles. The molecule has 0 spiro atoms. The summed E-state index contributed by atoms with van der Waals surface area (Å²) in [6, 6.07) is 4.17. The van der Waals surface area contributed by atoms with Crippen LogP contribution in [0.3, 0.4) is 0 Å². The molecule has 0 fully saturated rings. The molecule has 0 aromatic carbocycles. The molecule has 0 aliphatic rings. The molecule has 20 heavy (non-hydrogen) atoms. The first-order chi connectivity index (χ1) is 9.58. The number of aryl methyl sites for hydroxylation is 3. The van der Waals surface area contributed by atoms with Crippen molar-refractivity contribution in [3.63, 3.8) is 0 Å². The van der Waals surface area contributed by atoms with Gasteiger partial charge in [0.05, 0.1) is 23.0 Å². The second kappa shape index (κ2) is 6.37. The lowest BCUT2D eigenvalue weighted by Crippen LogP contribution is -2.26. The normalized spacial score (nSPS) is 12.7. The summed E-state index contributed by atoms with van der Waals surface area (Å²) in [5, 5.41) is 8.52. The minimum Gasteiger partial charge on any atom is -0.305 e. The van der Waals surface area contributed by atoms with Crippen molar-refractivity contribution < 1.29 is 0 Å². The van der Waals surface area contributed by atoms with Crippen molar-refractivity contribution in [2.75, 3.05) is 6.54 Å². The number of pyridine rings is 1. The number of hydrogen-bond donors (Lipinski definition) is 1. The van der Waals surface area contributed by atoms with E-state index in [4.69, 9.17) is 11.6 Å². The highest BCUT2D eigenvalue weighted by molar-refractivity contribution is 6.31. The summed E-state index contributed by atoms with van der Waals surface area (Å²) >= 11 is 6.34. The Morgan fingerprint density at radius 1 is 1.30 bits per heavy atom. The molecule has 4 nitrogen and oxygen atoms in total. The zero-order chi connectivity index (χ0) is 14.7. The van der Waals surface area contributed by atoms with Gasteiger partial charge in [-0.2, -0.15) is 5.10 Å². The van der Waals surface area contributed by atoms with Crippen LogP contribution in [0.15, 0.2) is 18.3 Å². The predicted molar refractivity (Wildman–Crippen MR) is 82.1 cm³/mol. The summed E-state index contributed by atoms with van der Waals surface area (Å²) in [6.07, 6.45) is 1.71. The fourth-order valence-electron chi connectivity index (χ4n) is 2.47. The number of aromatic nitrogens is 3. The molecule has 0 amide bonds. The SMILES string of the molecule is CCNC(c1ccc(C)nc1C)c1c(Cl)cnn1CC. The summed E-state index contributed by atoms with van der Waals surface area (Å²) in [5.41, 5.74) is 4.20. The van der Waals surface area contributed by atoms with Gasteiger partial charge in [0, 0.05) is 17.9 Å². The van der Waals surface area contributed by atoms with Crippen LogP contribution in [0.25, 0.3) is 0 Å². The largest absolute Gasteiger partial charge is 0.305 e. The van der Waals surface area contributed by atoms with Crippen molar-refractivity contribution in [2.24, 2.45) is 0 Å². The van der Waals surface area contributed by atoms with E-state index in [9.17, 15) is 0 Å². The molecule has 0 saturated carbocycles. The maximum atomic E-state index is 6.34. The number of rotatable bonds is 5. The Hall–Kier alpha value is -1.39. The van der Waals surface area contributed by atoms with E-state index in [-0.39, 0.29) is 6.04 Å². The Balaban J connectivity index is 2.53. The van der Waals surface area contributed by atoms with Gasteiger partial charge in [-0.3, -0.25) is 9.67 Å². The Morgan fingerprint density at radius 3 is 2.65 bits per heavy atom. The van der Waals surface area contributed by atoms with Crippen LogP contribution in [0.4, 0.5) is 0 Å². The third-order valence-corrected chi connectivity index (χ3v) is 3.68. The average Bonchev–Trinajstić information content (AvgIpc) is 2.78. The minimum absolute atomic E-state index is 0.0167. The van der Waals surface area contributed by atoms with E-state index in [1.54, 1.807) is 6.20 Å². The lowest BCUT2D eigenvalue weighted by molar-refractivity contribution is 0.539. The maximum Gasteiger partial charge on any atom is 0.0837 e. The minimum atomic E-state index is 0.0167. The molecule has 2 rings (SSSR count). The van der Waals surface area contributed by atoms with E-state index < -0.39 is 0 Å². The van der Waals surface area contributed by atoms with Crippen LogP contribution in [-0.4, -0.2) is 21.3 Å². The number of hydrogen-bond acceptors (Lipinski definition) is 3. The molecule has 1 atom stereocenters. The van der Waals surface area contributed by atoms with E-state index >= 15 is 0 Å². The molecular weight excluding hydrogens is 272 g/mol. The van der Waals surface area contributed by atoms with Crippen LogP contribution in [-0.2, 0) is 6.54 Å². The molecule has 1 unspecified atom stereocenters. The molecule has 0 saturated heterocycles. The first-order valence-electron chi connectivity index (χ1n) is 6.97. The van der Waals surface area contributed by atoms with E-state index in [2.05, 4.69) is 35.3 Å². The third-order valence-electron chi connectivity index (χ3n) is 3.39. The van der Waals surface area contributed by atoms with Gasteiger partial charge in [0.25, 0.3) is 0 Å². The van der Waals surface area contributed by atoms with Gasteiger partial charge in [0.1, 0.15) is 0 Å². The van der Waals surface area contributed by atoms with Crippen LogP contribution in [0.1, 0.15) is 42.5 Å². The van der Waals surface area contributed by atoms with Gasteiger partial charge in [-0.15, -0.1) is 0 Å². The predicted octanol–water partition coefficient (Wildman–Crippen LogP) is 3.27. The molecular formula is C15H21ClN4. The summed E-state index contributed by atoms with van der Waals surface area (Å²) < 4.78 is 1.94. The highest BCUT2D eigenvalue weighted by Crippen LogP contribution is 2.29. The topological polar surface area (TPSA) is 42.7 Å². The first-order valence-corrected chi connectivity index (χ1v) is 7.35. The number of nitrogens with zero attached hydrogens (tertiary/aromatic N) is 3. The maximum absolute atomic E-state index is 6.34. The van der Waals surface area contributed by atoms with Crippen LogP contribution >= 0.6 is 11.6 Å². The van der Waals surface area contributed by atoms with Crippen LogP contribution < -0.4 is 5.32 Å². The van der Waals surface area contributed by atoms with Crippen LogP contribution in [0.5, 0.6) is 0 Å². The fourth-order valence-corrected chi connectivity index (χ4v) is 2.72. The van der Waals surface area contributed by atoms with Crippen molar-refractivity contribution in [3.05, 3.63) is 46.0 Å². The number of halogens is 1. The van der Waals surface area contributed by atoms with Crippen molar-refractivity contribution >= 4 is 11.6 Å². The summed E-state index contributed by atoms with van der Waals surface area (Å²) in [4.78, 5) is 4.56. The standard InChI is InChI=1S/C15H21ClN4/c1-5-17-14(12-8-7-10(3)19-11(12)4)15-13(16)9-18-20(15)6-2/h7-9,14,17H,5-6H2,1-4H3. The second-order valence-corrected chi connectivity index (χ2v) is 5.22. The zero-order valence-corrected chi connectivity index (χ0v) is 13.2. The highest BCUT2D eigenvalue weighted by atomic mass is 35.5. The molecule has 0 radical (unpaired) electrons. The quantitative estimate of drug-likeness (QED) is 0.920. The fraction of sp³-hybridized carbons (Fsp3) is 0.467. The van der Waals surface area contributed by atoms with Gasteiger partial charge in [-0.25, -0.2) is 0 Å². The Morgan fingerprint density at radius 2 is 2.05 bits per heavy atom. The van der Waals surface area contributed by atoms with Gasteiger partial charge in [-0.1, -0.05) is 24.6 Å². The van der Waals surface area contributed by atoms with E-state index in [0.29, 0.717) is 5.02 Å². The summed E-state index contributed by atoms with van der Waals surface area (Å²) in [5.74, 6) is 0. The monoisotopic (exact) mass is 292 g/mol. The molecule has 1 N–H and O–H groups in total. The van der Waals surface area contributed by atoms with Crippen molar-refractivity contribution in [2.45, 2.75) is 40.3 Å². The van der Waals surface area contributed by atoms with Gasteiger partial charge in [-0.05, 0) is 38.9 Å². The van der Waals surface area contributed by atoms with Gasteiger partial charge < -0.3 is 5.32 Å². The van der Waals surface area contributed by atoms with Crippen molar-refractivity contribution in [3.8, 4) is 0 Å².